The molecule has 3 atom stereocenters. The Labute approximate surface area is 167 Å². The van der Waals surface area contributed by atoms with Crippen molar-refractivity contribution in [3.8, 4) is 5.69 Å². The summed E-state index contributed by atoms with van der Waals surface area (Å²) in [6, 6.07) is 12.6. The highest BCUT2D eigenvalue weighted by Gasteiger charge is 2.28. The maximum absolute atomic E-state index is 12.8. The molecule has 4 nitrogen and oxygen atoms in total. The van der Waals surface area contributed by atoms with Crippen molar-refractivity contribution < 1.29 is 4.79 Å². The standard InChI is InChI=1S/C24H29N3O/c1-15-10-16(2)12-20(11-15)27-14-25-22-13-19(8-9-23(22)27)24(28)26-21-7-5-6-17(3)18(21)4/h8-14,17-18,21H,5-7H2,1-4H3,(H,26,28)/t17-,18+,21+/m0/s1. The van der Waals surface area contributed by atoms with Gasteiger partial charge in [-0.25, -0.2) is 4.98 Å². The summed E-state index contributed by atoms with van der Waals surface area (Å²) in [5, 5.41) is 3.26. The topological polar surface area (TPSA) is 46.9 Å². The Morgan fingerprint density at radius 1 is 1.07 bits per heavy atom. The molecule has 1 amide bonds. The molecule has 1 fully saturated rings. The summed E-state index contributed by atoms with van der Waals surface area (Å²) in [5.41, 5.74) is 6.09. The molecular formula is C24H29N3O. The van der Waals surface area contributed by atoms with E-state index in [4.69, 9.17) is 0 Å². The maximum atomic E-state index is 12.8. The Hall–Kier alpha value is -2.62. The number of hydrogen-bond acceptors (Lipinski definition) is 2. The Morgan fingerprint density at radius 3 is 2.57 bits per heavy atom. The van der Waals surface area contributed by atoms with Crippen LogP contribution in [0.1, 0.15) is 54.6 Å². The number of aryl methyl sites for hydroxylation is 2. The minimum Gasteiger partial charge on any atom is -0.349 e. The zero-order valence-corrected chi connectivity index (χ0v) is 17.2. The minimum atomic E-state index is 0.00815. The summed E-state index contributed by atoms with van der Waals surface area (Å²) in [7, 11) is 0. The van der Waals surface area contributed by atoms with Gasteiger partial charge >= 0.3 is 0 Å². The third kappa shape index (κ3) is 3.56. The van der Waals surface area contributed by atoms with Crippen LogP contribution < -0.4 is 5.32 Å². The second kappa shape index (κ2) is 7.42. The van der Waals surface area contributed by atoms with Crippen LogP contribution in [0.4, 0.5) is 0 Å². The Balaban J connectivity index is 1.59. The van der Waals surface area contributed by atoms with Crippen molar-refractivity contribution in [1.82, 2.24) is 14.9 Å². The maximum Gasteiger partial charge on any atom is 0.251 e. The molecule has 4 heteroatoms. The van der Waals surface area contributed by atoms with Crippen molar-refractivity contribution >= 4 is 16.9 Å². The van der Waals surface area contributed by atoms with Crippen LogP contribution in [0.2, 0.25) is 0 Å². The van der Waals surface area contributed by atoms with Gasteiger partial charge in [0, 0.05) is 17.3 Å². The average Bonchev–Trinajstić information content (AvgIpc) is 3.08. The number of aromatic nitrogens is 2. The van der Waals surface area contributed by atoms with Gasteiger partial charge in [0.05, 0.1) is 11.0 Å². The molecule has 0 spiro atoms. The third-order valence-corrected chi connectivity index (χ3v) is 6.32. The summed E-state index contributed by atoms with van der Waals surface area (Å²) in [6.07, 6.45) is 5.36. The van der Waals surface area contributed by atoms with E-state index in [2.05, 4.69) is 60.8 Å². The zero-order chi connectivity index (χ0) is 19.8. The summed E-state index contributed by atoms with van der Waals surface area (Å²) in [4.78, 5) is 17.4. The number of fused-ring (bicyclic) bond motifs is 1. The first-order valence-corrected chi connectivity index (χ1v) is 10.3. The summed E-state index contributed by atoms with van der Waals surface area (Å²) in [5.74, 6) is 1.19. The summed E-state index contributed by atoms with van der Waals surface area (Å²) < 4.78 is 2.09. The molecule has 0 radical (unpaired) electrons. The molecule has 4 rings (SSSR count). The highest BCUT2D eigenvalue weighted by Crippen LogP contribution is 2.30. The molecule has 1 heterocycles. The number of amides is 1. The van der Waals surface area contributed by atoms with Crippen molar-refractivity contribution in [2.45, 2.75) is 53.0 Å². The van der Waals surface area contributed by atoms with Gasteiger partial charge in [-0.05, 0) is 73.6 Å². The van der Waals surface area contributed by atoms with Gasteiger partial charge in [-0.3, -0.25) is 9.36 Å². The van der Waals surface area contributed by atoms with Crippen molar-refractivity contribution in [3.05, 3.63) is 59.4 Å². The van der Waals surface area contributed by atoms with Gasteiger partial charge in [0.25, 0.3) is 5.91 Å². The first-order valence-electron chi connectivity index (χ1n) is 10.3. The van der Waals surface area contributed by atoms with Crippen LogP contribution in [0, 0.1) is 25.7 Å². The molecule has 146 valence electrons. The molecule has 1 aromatic heterocycles. The molecule has 0 unspecified atom stereocenters. The fourth-order valence-corrected chi connectivity index (χ4v) is 4.49. The Morgan fingerprint density at radius 2 is 1.82 bits per heavy atom. The number of carbonyl (C=O) groups is 1. The Kier molecular flexibility index (Phi) is 4.96. The molecule has 3 aromatic rings. The van der Waals surface area contributed by atoms with Crippen LogP contribution in [-0.2, 0) is 0 Å². The number of carbonyl (C=O) groups excluding carboxylic acids is 1. The average molecular weight is 376 g/mol. The lowest BCUT2D eigenvalue weighted by molar-refractivity contribution is 0.0891. The fraction of sp³-hybridized carbons (Fsp3) is 0.417. The second-order valence-corrected chi connectivity index (χ2v) is 8.51. The van der Waals surface area contributed by atoms with E-state index in [-0.39, 0.29) is 11.9 Å². The lowest BCUT2D eigenvalue weighted by atomic mass is 9.78. The van der Waals surface area contributed by atoms with E-state index in [0.29, 0.717) is 17.4 Å². The smallest absolute Gasteiger partial charge is 0.251 e. The van der Waals surface area contributed by atoms with E-state index in [1.165, 1.54) is 24.0 Å². The van der Waals surface area contributed by atoms with Crippen molar-refractivity contribution in [2.24, 2.45) is 11.8 Å². The molecule has 0 bridgehead atoms. The molecule has 1 saturated carbocycles. The molecule has 0 aliphatic heterocycles. The van der Waals surface area contributed by atoms with Gasteiger partial charge in [-0.1, -0.05) is 32.8 Å². The van der Waals surface area contributed by atoms with Crippen LogP contribution in [0.3, 0.4) is 0 Å². The molecule has 1 aliphatic rings. The number of hydrogen-bond donors (Lipinski definition) is 1. The fourth-order valence-electron chi connectivity index (χ4n) is 4.49. The van der Waals surface area contributed by atoms with Crippen LogP contribution in [0.15, 0.2) is 42.7 Å². The van der Waals surface area contributed by atoms with Gasteiger partial charge in [-0.15, -0.1) is 0 Å². The van der Waals surface area contributed by atoms with Gasteiger partial charge in [-0.2, -0.15) is 0 Å². The molecule has 1 aliphatic carbocycles. The predicted molar refractivity (Wildman–Crippen MR) is 114 cm³/mol. The molecule has 0 saturated heterocycles. The van der Waals surface area contributed by atoms with Gasteiger partial charge < -0.3 is 5.32 Å². The van der Waals surface area contributed by atoms with Crippen LogP contribution in [0.5, 0.6) is 0 Å². The first-order chi connectivity index (χ1) is 13.4. The van der Waals surface area contributed by atoms with Crippen molar-refractivity contribution in [2.75, 3.05) is 0 Å². The minimum absolute atomic E-state index is 0.00815. The zero-order valence-electron chi connectivity index (χ0n) is 17.2. The second-order valence-electron chi connectivity index (χ2n) is 8.51. The first kappa shape index (κ1) is 18.7. The van der Waals surface area contributed by atoms with E-state index in [0.717, 1.165) is 23.1 Å². The number of rotatable bonds is 3. The highest BCUT2D eigenvalue weighted by molar-refractivity contribution is 5.97. The lowest BCUT2D eigenvalue weighted by Gasteiger charge is -2.34. The van der Waals surface area contributed by atoms with Gasteiger partial charge in [0.2, 0.25) is 0 Å². The van der Waals surface area contributed by atoms with Crippen LogP contribution in [-0.4, -0.2) is 21.5 Å². The van der Waals surface area contributed by atoms with Crippen LogP contribution >= 0.6 is 0 Å². The quantitative estimate of drug-likeness (QED) is 0.684. The summed E-state index contributed by atoms with van der Waals surface area (Å²) in [6.45, 7) is 8.74. The van der Waals surface area contributed by atoms with E-state index in [1.54, 1.807) is 0 Å². The Bertz CT molecular complexity index is 1000. The normalized spacial score (nSPS) is 22.4. The molecule has 2 aromatic carbocycles. The number of nitrogens with zero attached hydrogens (tertiary/aromatic N) is 2. The number of benzene rings is 2. The van der Waals surface area contributed by atoms with E-state index in [9.17, 15) is 4.79 Å². The van der Waals surface area contributed by atoms with Crippen molar-refractivity contribution in [3.63, 3.8) is 0 Å². The van der Waals surface area contributed by atoms with Crippen LogP contribution in [0.25, 0.3) is 16.7 Å². The van der Waals surface area contributed by atoms with E-state index in [1.807, 2.05) is 24.5 Å². The SMILES string of the molecule is Cc1cc(C)cc(-n2cnc3cc(C(=O)N[C@@H]4CCC[C@H](C)[C@H]4C)ccc32)c1. The molecule has 1 N–H and O–H groups in total. The number of nitrogens with one attached hydrogen (secondary N) is 1. The third-order valence-electron chi connectivity index (χ3n) is 6.32. The summed E-state index contributed by atoms with van der Waals surface area (Å²) >= 11 is 0. The predicted octanol–water partition coefficient (Wildman–Crippen LogP) is 5.20. The molecule has 28 heavy (non-hydrogen) atoms. The lowest BCUT2D eigenvalue weighted by Crippen LogP contribution is -2.43. The van der Waals surface area contributed by atoms with Gasteiger partial charge in [0.15, 0.2) is 0 Å². The van der Waals surface area contributed by atoms with Crippen molar-refractivity contribution in [1.29, 1.82) is 0 Å². The number of imidazole rings is 1. The van der Waals surface area contributed by atoms with Gasteiger partial charge in [0.1, 0.15) is 6.33 Å². The highest BCUT2D eigenvalue weighted by atomic mass is 16.1. The largest absolute Gasteiger partial charge is 0.349 e. The molecular weight excluding hydrogens is 346 g/mol. The van der Waals surface area contributed by atoms with E-state index < -0.39 is 0 Å². The van der Waals surface area contributed by atoms with E-state index >= 15 is 0 Å². The monoisotopic (exact) mass is 375 g/mol.